The average Bonchev–Trinajstić information content (AvgIpc) is 3.39. The highest BCUT2D eigenvalue weighted by atomic mass is 19.3. The highest BCUT2D eigenvalue weighted by Gasteiger charge is 2.43. The zero-order chi connectivity index (χ0) is 25.7. The number of nitrogen functional groups attached to an aromatic ring is 1. The monoisotopic (exact) mass is 495 g/mol. The highest BCUT2D eigenvalue weighted by molar-refractivity contribution is 5.78. The first kappa shape index (κ1) is 23.3. The number of ether oxygens (including phenoxy) is 3. The van der Waals surface area contributed by atoms with Crippen LogP contribution in [0.1, 0.15) is 26.6 Å². The van der Waals surface area contributed by atoms with Gasteiger partial charge in [0, 0.05) is 35.1 Å². The van der Waals surface area contributed by atoms with Gasteiger partial charge in [-0.25, -0.2) is 19.9 Å². The number of halogens is 2. The maximum atomic E-state index is 13.4. The molecule has 0 atom stereocenters. The number of methoxy groups -OCH3 is 1. The number of alkyl halides is 2. The number of nitrogens with two attached hydrogens (primary N) is 1. The molecule has 0 unspecified atom stereocenters. The third-order valence-corrected chi connectivity index (χ3v) is 5.36. The van der Waals surface area contributed by atoms with Gasteiger partial charge in [-0.2, -0.15) is 0 Å². The maximum absolute atomic E-state index is 13.4. The number of nitrogens with zero attached hydrogens (tertiary/aromatic N) is 4. The number of aromatic amines is 1. The van der Waals surface area contributed by atoms with Gasteiger partial charge in [0.05, 0.1) is 24.2 Å². The van der Waals surface area contributed by atoms with Crippen molar-refractivity contribution in [2.24, 2.45) is 0 Å². The summed E-state index contributed by atoms with van der Waals surface area (Å²) in [6.45, 7) is 6.12. The van der Waals surface area contributed by atoms with Crippen LogP contribution < -0.4 is 25.3 Å². The second-order valence-electron chi connectivity index (χ2n) is 9.09. The van der Waals surface area contributed by atoms with Crippen molar-refractivity contribution in [3.8, 4) is 39.9 Å². The van der Waals surface area contributed by atoms with Crippen molar-refractivity contribution >= 4 is 17.5 Å². The number of hydrogen-bond donors (Lipinski definition) is 3. The quantitative estimate of drug-likeness (QED) is 0.354. The smallest absolute Gasteiger partial charge is 0.493 e. The zero-order valence-corrected chi connectivity index (χ0v) is 19.9. The molecule has 10 nitrogen and oxygen atoms in total. The molecule has 0 bridgehead atoms. The Labute approximate surface area is 204 Å². The molecule has 0 saturated heterocycles. The van der Waals surface area contributed by atoms with Gasteiger partial charge in [0.2, 0.25) is 5.95 Å². The van der Waals surface area contributed by atoms with Crippen molar-refractivity contribution in [3.63, 3.8) is 0 Å². The number of hydrogen-bond acceptors (Lipinski definition) is 9. The molecular weight excluding hydrogens is 472 g/mol. The molecular formula is C24H23F2N7O3. The summed E-state index contributed by atoms with van der Waals surface area (Å²) in [5.41, 5.74) is 8.55. The van der Waals surface area contributed by atoms with Crippen molar-refractivity contribution in [2.45, 2.75) is 32.5 Å². The van der Waals surface area contributed by atoms with Gasteiger partial charge in [0.1, 0.15) is 5.82 Å². The summed E-state index contributed by atoms with van der Waals surface area (Å²) in [6, 6.07) is 7.82. The van der Waals surface area contributed by atoms with E-state index in [0.29, 0.717) is 34.1 Å². The summed E-state index contributed by atoms with van der Waals surface area (Å²) >= 11 is 0. The minimum Gasteiger partial charge on any atom is -0.493 e. The number of anilines is 3. The van der Waals surface area contributed by atoms with Crippen LogP contribution in [0.2, 0.25) is 0 Å². The molecule has 0 amide bonds. The van der Waals surface area contributed by atoms with Gasteiger partial charge in [0.25, 0.3) is 0 Å². The lowest BCUT2D eigenvalue weighted by molar-refractivity contribution is -0.286. The van der Waals surface area contributed by atoms with Crippen molar-refractivity contribution in [1.82, 2.24) is 24.9 Å². The van der Waals surface area contributed by atoms with Gasteiger partial charge < -0.3 is 30.2 Å². The van der Waals surface area contributed by atoms with Crippen LogP contribution in [0.15, 0.2) is 42.7 Å². The Morgan fingerprint density at radius 1 is 1.06 bits per heavy atom. The van der Waals surface area contributed by atoms with Crippen molar-refractivity contribution in [2.75, 3.05) is 18.2 Å². The van der Waals surface area contributed by atoms with Crippen LogP contribution in [0.3, 0.4) is 0 Å². The highest BCUT2D eigenvalue weighted by Crippen LogP contribution is 2.42. The number of nitrogens with one attached hydrogen (secondary N) is 2. The van der Waals surface area contributed by atoms with Crippen LogP contribution in [-0.2, 0) is 5.41 Å². The molecule has 0 radical (unpaired) electrons. The largest absolute Gasteiger partial charge is 0.586 e. The number of benzene rings is 1. The predicted octanol–water partition coefficient (Wildman–Crippen LogP) is 4.88. The topological polar surface area (TPSA) is 133 Å². The Balaban J connectivity index is 1.52. The van der Waals surface area contributed by atoms with Crippen LogP contribution in [0, 0.1) is 0 Å². The average molecular weight is 495 g/mol. The first-order chi connectivity index (χ1) is 17.0. The minimum absolute atomic E-state index is 0.0513. The van der Waals surface area contributed by atoms with E-state index in [-0.39, 0.29) is 28.7 Å². The Morgan fingerprint density at radius 3 is 2.58 bits per heavy atom. The van der Waals surface area contributed by atoms with Crippen LogP contribution in [-0.4, -0.2) is 38.3 Å². The number of fused-ring (bicyclic) bond motifs is 1. The van der Waals surface area contributed by atoms with Gasteiger partial charge in [-0.3, -0.25) is 0 Å². The van der Waals surface area contributed by atoms with Gasteiger partial charge >= 0.3 is 6.29 Å². The summed E-state index contributed by atoms with van der Waals surface area (Å²) in [4.78, 5) is 21.3. The SMILES string of the molecule is COc1cc(-c2nc(C(C)(C)C)[nH]c2-c2ccnc(Nc3ccc4c(c3)OC(F)(F)O4)n2)cnc1N. The van der Waals surface area contributed by atoms with E-state index in [2.05, 4.69) is 34.7 Å². The molecule has 0 aliphatic carbocycles. The van der Waals surface area contributed by atoms with E-state index >= 15 is 0 Å². The van der Waals surface area contributed by atoms with Crippen LogP contribution in [0.4, 0.5) is 26.2 Å². The zero-order valence-electron chi connectivity index (χ0n) is 19.9. The van der Waals surface area contributed by atoms with Crippen molar-refractivity contribution in [1.29, 1.82) is 0 Å². The van der Waals surface area contributed by atoms with Gasteiger partial charge in [-0.1, -0.05) is 20.8 Å². The van der Waals surface area contributed by atoms with Gasteiger partial charge in [0.15, 0.2) is 23.1 Å². The number of rotatable bonds is 5. The molecule has 0 spiro atoms. The van der Waals surface area contributed by atoms with Crippen LogP contribution >= 0.6 is 0 Å². The fourth-order valence-corrected chi connectivity index (χ4v) is 3.58. The molecule has 1 aliphatic rings. The second-order valence-corrected chi connectivity index (χ2v) is 9.09. The Hall–Kier alpha value is -4.48. The molecule has 36 heavy (non-hydrogen) atoms. The molecule has 5 rings (SSSR count). The van der Waals surface area contributed by atoms with E-state index in [9.17, 15) is 8.78 Å². The summed E-state index contributed by atoms with van der Waals surface area (Å²) in [7, 11) is 1.52. The Kier molecular flexibility index (Phi) is 5.38. The van der Waals surface area contributed by atoms with Crippen LogP contribution in [0.5, 0.6) is 17.2 Å². The molecule has 12 heteroatoms. The summed E-state index contributed by atoms with van der Waals surface area (Å²) in [5, 5.41) is 3.01. The summed E-state index contributed by atoms with van der Waals surface area (Å²) < 4.78 is 41.0. The van der Waals surface area contributed by atoms with Gasteiger partial charge in [-0.15, -0.1) is 8.78 Å². The maximum Gasteiger partial charge on any atom is 0.586 e. The first-order valence-corrected chi connectivity index (χ1v) is 10.9. The lowest BCUT2D eigenvalue weighted by Crippen LogP contribution is -2.25. The Morgan fingerprint density at radius 2 is 1.83 bits per heavy atom. The molecule has 4 heterocycles. The molecule has 4 aromatic rings. The first-order valence-electron chi connectivity index (χ1n) is 10.9. The second kappa shape index (κ2) is 8.33. The molecule has 186 valence electrons. The lowest BCUT2D eigenvalue weighted by Gasteiger charge is -2.14. The summed E-state index contributed by atoms with van der Waals surface area (Å²) in [6.07, 6.45) is -0.500. The van der Waals surface area contributed by atoms with E-state index in [1.807, 2.05) is 20.8 Å². The number of aromatic nitrogens is 5. The van der Waals surface area contributed by atoms with Crippen molar-refractivity contribution in [3.05, 3.63) is 48.5 Å². The molecule has 1 aromatic carbocycles. The van der Waals surface area contributed by atoms with Gasteiger partial charge in [-0.05, 0) is 24.3 Å². The third kappa shape index (κ3) is 4.44. The number of imidazole rings is 1. The van der Waals surface area contributed by atoms with Crippen molar-refractivity contribution < 1.29 is 23.0 Å². The number of pyridine rings is 1. The molecule has 0 fully saturated rings. The minimum atomic E-state index is -3.70. The number of H-pyrrole nitrogens is 1. The Bertz CT molecular complexity index is 1450. The summed E-state index contributed by atoms with van der Waals surface area (Å²) in [5.74, 6) is 1.54. The van der Waals surface area contributed by atoms with E-state index in [4.69, 9.17) is 15.5 Å². The fourth-order valence-electron chi connectivity index (χ4n) is 3.58. The standard InChI is InChI=1S/C24H23F2N7O3/c1-23(2,3)21-32-18(12-9-17(34-4)20(27)29-11-12)19(33-21)14-7-8-28-22(31-14)30-13-5-6-15-16(10-13)36-24(25,26)35-15/h5-11H,1-4H3,(H2,27,29)(H,32,33)(H,28,30,31). The fraction of sp³-hybridized carbons (Fsp3) is 0.250. The third-order valence-electron chi connectivity index (χ3n) is 5.36. The van der Waals surface area contributed by atoms with E-state index < -0.39 is 6.29 Å². The van der Waals surface area contributed by atoms with E-state index in [0.717, 1.165) is 5.82 Å². The van der Waals surface area contributed by atoms with E-state index in [1.165, 1.54) is 19.2 Å². The molecule has 0 saturated carbocycles. The van der Waals surface area contributed by atoms with Crippen LogP contribution in [0.25, 0.3) is 22.6 Å². The molecule has 4 N–H and O–H groups in total. The molecule has 3 aromatic heterocycles. The molecule has 1 aliphatic heterocycles. The van der Waals surface area contributed by atoms with E-state index in [1.54, 1.807) is 30.6 Å². The normalized spacial score (nSPS) is 14.1. The lowest BCUT2D eigenvalue weighted by atomic mass is 9.96. The predicted molar refractivity (Wildman–Crippen MR) is 128 cm³/mol.